The number of hydrogen-bond acceptors (Lipinski definition) is 2. The van der Waals surface area contributed by atoms with Gasteiger partial charge in [0.05, 0.1) is 11.1 Å². The van der Waals surface area contributed by atoms with Gasteiger partial charge in [0.2, 0.25) is 11.8 Å². The zero-order chi connectivity index (χ0) is 15.6. The summed E-state index contributed by atoms with van der Waals surface area (Å²) < 4.78 is 0. The highest BCUT2D eigenvalue weighted by atomic mass is 16.2. The van der Waals surface area contributed by atoms with E-state index >= 15 is 0 Å². The number of rotatable bonds is 1. The van der Waals surface area contributed by atoms with Gasteiger partial charge < -0.3 is 0 Å². The summed E-state index contributed by atoms with van der Waals surface area (Å²) in [5.74, 6) is -0.106. The lowest BCUT2D eigenvalue weighted by Gasteiger charge is -2.47. The first kappa shape index (κ1) is 14.3. The molecule has 1 aromatic carbocycles. The highest BCUT2D eigenvalue weighted by molar-refractivity contribution is 6.20. The average Bonchev–Trinajstić information content (AvgIpc) is 2.57. The summed E-state index contributed by atoms with van der Waals surface area (Å²) in [5.41, 5.74) is 2.19. The van der Waals surface area contributed by atoms with Crippen molar-refractivity contribution in [3.63, 3.8) is 0 Å². The van der Waals surface area contributed by atoms with Crippen molar-refractivity contribution in [1.29, 1.82) is 0 Å². The third kappa shape index (κ3) is 1.66. The monoisotopic (exact) mass is 285 g/mol. The lowest BCUT2D eigenvalue weighted by atomic mass is 9.62. The summed E-state index contributed by atoms with van der Waals surface area (Å²) in [5, 5.41) is 0. The fourth-order valence-electron chi connectivity index (χ4n) is 4.10. The number of amides is 2. The Labute approximate surface area is 126 Å². The molecule has 112 valence electrons. The van der Waals surface area contributed by atoms with Crippen LogP contribution in [0.4, 0.5) is 5.69 Å². The summed E-state index contributed by atoms with van der Waals surface area (Å²) in [6.07, 6.45) is 1.62. The molecule has 1 aromatic rings. The summed E-state index contributed by atoms with van der Waals surface area (Å²) >= 11 is 0. The van der Waals surface area contributed by atoms with E-state index in [9.17, 15) is 9.59 Å². The Hall–Kier alpha value is -1.64. The zero-order valence-corrected chi connectivity index (χ0v) is 13.5. The highest BCUT2D eigenvalue weighted by Gasteiger charge is 2.64. The molecule has 2 fully saturated rings. The minimum absolute atomic E-state index is 0.0214. The summed E-state index contributed by atoms with van der Waals surface area (Å²) in [7, 11) is 0. The predicted octanol–water partition coefficient (Wildman–Crippen LogP) is 3.62. The third-order valence-corrected chi connectivity index (χ3v) is 6.01. The van der Waals surface area contributed by atoms with E-state index in [-0.39, 0.29) is 23.1 Å². The van der Waals surface area contributed by atoms with Crippen LogP contribution in [-0.2, 0) is 9.59 Å². The fourth-order valence-corrected chi connectivity index (χ4v) is 4.10. The number of imide groups is 1. The SMILES string of the molecule is Cc1ccc(N2C(=O)C3CCC(C)(C2=O)C3(C)C)c(C)c1. The molecule has 3 nitrogen and oxygen atoms in total. The molecule has 1 saturated heterocycles. The second-order valence-electron chi connectivity index (χ2n) is 7.41. The van der Waals surface area contributed by atoms with E-state index in [1.54, 1.807) is 0 Å². The molecule has 1 aliphatic heterocycles. The van der Waals surface area contributed by atoms with Gasteiger partial charge >= 0.3 is 0 Å². The van der Waals surface area contributed by atoms with E-state index in [0.29, 0.717) is 0 Å². The Morgan fingerprint density at radius 1 is 1.14 bits per heavy atom. The van der Waals surface area contributed by atoms with Gasteiger partial charge in [-0.3, -0.25) is 9.59 Å². The lowest BCUT2D eigenvalue weighted by Crippen LogP contribution is -2.59. The molecule has 1 heterocycles. The van der Waals surface area contributed by atoms with E-state index < -0.39 is 5.41 Å². The van der Waals surface area contributed by atoms with Crippen molar-refractivity contribution in [3.8, 4) is 0 Å². The molecule has 1 saturated carbocycles. The molecule has 2 amide bonds. The number of nitrogens with zero attached hydrogens (tertiary/aromatic N) is 1. The number of carbonyl (C=O) groups is 2. The minimum atomic E-state index is -0.442. The number of anilines is 1. The van der Waals surface area contributed by atoms with Crippen LogP contribution in [-0.4, -0.2) is 11.8 Å². The smallest absolute Gasteiger partial charge is 0.240 e. The van der Waals surface area contributed by atoms with Gasteiger partial charge in [0.15, 0.2) is 0 Å². The van der Waals surface area contributed by atoms with Crippen molar-refractivity contribution in [2.24, 2.45) is 16.7 Å². The normalized spacial score (nSPS) is 30.9. The van der Waals surface area contributed by atoms with E-state index in [2.05, 4.69) is 13.8 Å². The van der Waals surface area contributed by atoms with Crippen LogP contribution in [0.2, 0.25) is 0 Å². The molecule has 3 rings (SSSR count). The lowest BCUT2D eigenvalue weighted by molar-refractivity contribution is -0.146. The maximum Gasteiger partial charge on any atom is 0.240 e. The number of piperidine rings is 1. The maximum atomic E-state index is 13.1. The van der Waals surface area contributed by atoms with Crippen molar-refractivity contribution in [2.75, 3.05) is 4.90 Å². The maximum absolute atomic E-state index is 13.1. The van der Waals surface area contributed by atoms with E-state index in [0.717, 1.165) is 29.7 Å². The van der Waals surface area contributed by atoms with Crippen molar-refractivity contribution < 1.29 is 9.59 Å². The Balaban J connectivity index is 2.13. The number of carbonyl (C=O) groups excluding carboxylic acids is 2. The summed E-state index contributed by atoms with van der Waals surface area (Å²) in [6.45, 7) is 10.1. The molecule has 2 unspecified atom stereocenters. The quantitative estimate of drug-likeness (QED) is 0.739. The Morgan fingerprint density at radius 3 is 2.43 bits per heavy atom. The van der Waals surface area contributed by atoms with Crippen LogP contribution >= 0.6 is 0 Å². The van der Waals surface area contributed by atoms with Crippen LogP contribution in [0.15, 0.2) is 18.2 Å². The first-order chi connectivity index (χ1) is 9.70. The second-order valence-corrected chi connectivity index (χ2v) is 7.41. The molecular weight excluding hydrogens is 262 g/mol. The Morgan fingerprint density at radius 2 is 1.81 bits per heavy atom. The van der Waals surface area contributed by atoms with Crippen molar-refractivity contribution in [3.05, 3.63) is 29.3 Å². The highest BCUT2D eigenvalue weighted by Crippen LogP contribution is 2.60. The summed E-state index contributed by atoms with van der Waals surface area (Å²) in [4.78, 5) is 27.4. The second kappa shape index (κ2) is 4.19. The van der Waals surface area contributed by atoms with E-state index in [4.69, 9.17) is 0 Å². The van der Waals surface area contributed by atoms with Crippen LogP contribution in [0.25, 0.3) is 0 Å². The molecule has 1 aliphatic carbocycles. The first-order valence-electron chi connectivity index (χ1n) is 7.66. The molecule has 0 aromatic heterocycles. The van der Waals surface area contributed by atoms with Gasteiger partial charge in [0.1, 0.15) is 0 Å². The predicted molar refractivity (Wildman–Crippen MR) is 83.0 cm³/mol. The van der Waals surface area contributed by atoms with Crippen molar-refractivity contribution >= 4 is 17.5 Å². The molecule has 2 atom stereocenters. The average molecular weight is 285 g/mol. The Bertz CT molecular complexity index is 647. The van der Waals surface area contributed by atoms with E-state index in [1.165, 1.54) is 4.90 Å². The topological polar surface area (TPSA) is 37.4 Å². The van der Waals surface area contributed by atoms with Crippen molar-refractivity contribution in [1.82, 2.24) is 0 Å². The number of fused-ring (bicyclic) bond motifs is 2. The third-order valence-electron chi connectivity index (χ3n) is 6.01. The van der Waals surface area contributed by atoms with E-state index in [1.807, 2.05) is 39.0 Å². The van der Waals surface area contributed by atoms with Crippen LogP contribution in [0.3, 0.4) is 0 Å². The van der Waals surface area contributed by atoms with Crippen LogP contribution < -0.4 is 4.90 Å². The van der Waals surface area contributed by atoms with Gasteiger partial charge in [0.25, 0.3) is 0 Å². The van der Waals surface area contributed by atoms with Gasteiger partial charge in [-0.25, -0.2) is 4.90 Å². The van der Waals surface area contributed by atoms with Crippen molar-refractivity contribution in [2.45, 2.75) is 47.5 Å². The number of benzene rings is 1. The van der Waals surface area contributed by atoms with Gasteiger partial charge in [0, 0.05) is 5.92 Å². The molecule has 0 radical (unpaired) electrons. The zero-order valence-electron chi connectivity index (χ0n) is 13.5. The standard InChI is InChI=1S/C18H23NO2/c1-11-6-7-14(12(2)10-11)19-15(20)13-8-9-18(5,16(19)21)17(13,3)4/h6-7,10,13H,8-9H2,1-5H3. The number of hydrogen-bond donors (Lipinski definition) is 0. The molecule has 21 heavy (non-hydrogen) atoms. The minimum Gasteiger partial charge on any atom is -0.274 e. The largest absolute Gasteiger partial charge is 0.274 e. The first-order valence-corrected chi connectivity index (χ1v) is 7.66. The van der Waals surface area contributed by atoms with Gasteiger partial charge in [-0.2, -0.15) is 0 Å². The van der Waals surface area contributed by atoms with Crippen LogP contribution in [0.1, 0.15) is 44.7 Å². The van der Waals surface area contributed by atoms with Gasteiger partial charge in [-0.1, -0.05) is 38.5 Å². The fraction of sp³-hybridized carbons (Fsp3) is 0.556. The molecule has 0 N–H and O–H groups in total. The van der Waals surface area contributed by atoms with Crippen LogP contribution in [0, 0.1) is 30.6 Å². The molecule has 3 heteroatoms. The molecular formula is C18H23NO2. The summed E-state index contributed by atoms with van der Waals surface area (Å²) in [6, 6.07) is 5.90. The van der Waals surface area contributed by atoms with Crippen LogP contribution in [0.5, 0.6) is 0 Å². The molecule has 0 spiro atoms. The van der Waals surface area contributed by atoms with Gasteiger partial charge in [-0.05, 0) is 43.7 Å². The number of aryl methyl sites for hydroxylation is 2. The molecule has 2 bridgehead atoms. The Kier molecular flexibility index (Phi) is 2.85. The van der Waals surface area contributed by atoms with Gasteiger partial charge in [-0.15, -0.1) is 0 Å². The molecule has 2 aliphatic rings.